The van der Waals surface area contributed by atoms with Gasteiger partial charge in [0.1, 0.15) is 0 Å². The Bertz CT molecular complexity index is 576. The van der Waals surface area contributed by atoms with Gasteiger partial charge >= 0.3 is 6.03 Å². The molecular formula is C37H72N2O3. The van der Waals surface area contributed by atoms with Crippen molar-refractivity contribution in [3.63, 3.8) is 0 Å². The van der Waals surface area contributed by atoms with Gasteiger partial charge in [-0.1, -0.05) is 194 Å². The van der Waals surface area contributed by atoms with Crippen molar-refractivity contribution >= 4 is 17.8 Å². The second-order valence-electron chi connectivity index (χ2n) is 12.9. The van der Waals surface area contributed by atoms with Crippen LogP contribution in [0.2, 0.25) is 0 Å². The lowest BCUT2D eigenvalue weighted by atomic mass is 10.0. The van der Waals surface area contributed by atoms with Crippen LogP contribution in [0.3, 0.4) is 0 Å². The Morgan fingerprint density at radius 2 is 0.548 bits per heavy atom. The summed E-state index contributed by atoms with van der Waals surface area (Å²) in [5, 5.41) is 0. The first-order valence-electron chi connectivity index (χ1n) is 18.7. The number of hydrogen-bond acceptors (Lipinski definition) is 3. The predicted molar refractivity (Wildman–Crippen MR) is 181 cm³/mol. The van der Waals surface area contributed by atoms with E-state index in [0.29, 0.717) is 17.7 Å². The Balaban J connectivity index is 3.66. The fourth-order valence-corrected chi connectivity index (χ4v) is 5.90. The first-order valence-corrected chi connectivity index (χ1v) is 18.7. The van der Waals surface area contributed by atoms with Crippen molar-refractivity contribution in [1.29, 1.82) is 0 Å². The first kappa shape index (κ1) is 40.6. The molecule has 0 aromatic carbocycles. The van der Waals surface area contributed by atoms with E-state index in [0.717, 1.165) is 25.7 Å². The topological polar surface area (TPSA) is 80.5 Å². The normalized spacial score (nSPS) is 11.2. The molecule has 5 heteroatoms. The summed E-state index contributed by atoms with van der Waals surface area (Å²) < 4.78 is 0. The quantitative estimate of drug-likeness (QED) is 0.0789. The minimum Gasteiger partial charge on any atom is -0.351 e. The number of rotatable bonds is 32. The highest BCUT2D eigenvalue weighted by atomic mass is 16.2. The lowest BCUT2D eigenvalue weighted by molar-refractivity contribution is -0.140. The van der Waals surface area contributed by atoms with Crippen LogP contribution in [0.1, 0.15) is 219 Å². The predicted octanol–water partition coefficient (Wildman–Crippen LogP) is 11.9. The van der Waals surface area contributed by atoms with Crippen molar-refractivity contribution in [1.82, 2.24) is 4.90 Å². The second kappa shape index (κ2) is 32.5. The van der Waals surface area contributed by atoms with Crippen molar-refractivity contribution < 1.29 is 14.4 Å². The van der Waals surface area contributed by atoms with Crippen LogP contribution in [0.5, 0.6) is 0 Å². The molecule has 2 N–H and O–H groups in total. The van der Waals surface area contributed by atoms with Crippen molar-refractivity contribution in [2.75, 3.05) is 0 Å². The fraction of sp³-hybridized carbons (Fsp3) is 0.919. The molecule has 248 valence electrons. The summed E-state index contributed by atoms with van der Waals surface area (Å²) in [6.45, 7) is 4.53. The van der Waals surface area contributed by atoms with E-state index in [2.05, 4.69) is 13.8 Å². The number of nitrogens with two attached hydrogens (primary N) is 1. The van der Waals surface area contributed by atoms with E-state index in [4.69, 9.17) is 5.73 Å². The average molecular weight is 593 g/mol. The van der Waals surface area contributed by atoms with Crippen LogP contribution >= 0.6 is 0 Å². The molecule has 0 aromatic heterocycles. The Labute approximate surface area is 261 Å². The molecule has 0 radical (unpaired) electrons. The standard InChI is InChI=1S/C37H72N2O3/c1-3-5-7-9-11-13-15-17-19-21-23-25-27-29-31-33-35(40)39(37(38)42)36(41)34-32-30-28-26-24-22-20-18-16-14-12-10-8-6-4-2/h3-34H2,1-2H3,(H2,38,42). The zero-order valence-electron chi connectivity index (χ0n) is 28.4. The van der Waals surface area contributed by atoms with E-state index < -0.39 is 17.8 Å². The largest absolute Gasteiger partial charge is 0.351 e. The molecule has 0 aliphatic carbocycles. The van der Waals surface area contributed by atoms with Crippen LogP contribution in [-0.2, 0) is 9.59 Å². The first-order chi connectivity index (χ1) is 20.5. The Hall–Kier alpha value is -1.39. The van der Waals surface area contributed by atoms with Gasteiger partial charge in [-0.05, 0) is 12.8 Å². The number of primary amides is 1. The van der Waals surface area contributed by atoms with Gasteiger partial charge in [-0.2, -0.15) is 0 Å². The zero-order valence-corrected chi connectivity index (χ0v) is 28.4. The number of nitrogens with zero attached hydrogens (tertiary/aromatic N) is 1. The van der Waals surface area contributed by atoms with Gasteiger partial charge in [-0.3, -0.25) is 9.59 Å². The lowest BCUT2D eigenvalue weighted by Crippen LogP contribution is -2.44. The lowest BCUT2D eigenvalue weighted by Gasteiger charge is -2.16. The number of unbranched alkanes of at least 4 members (excludes halogenated alkanes) is 28. The summed E-state index contributed by atoms with van der Waals surface area (Å²) in [7, 11) is 0. The van der Waals surface area contributed by atoms with Crippen LogP contribution in [0.15, 0.2) is 0 Å². The molecule has 0 aliphatic rings. The zero-order chi connectivity index (χ0) is 30.9. The molecule has 0 heterocycles. The summed E-state index contributed by atoms with van der Waals surface area (Å²) in [6.07, 6.45) is 38.3. The summed E-state index contributed by atoms with van der Waals surface area (Å²) in [4.78, 5) is 37.6. The van der Waals surface area contributed by atoms with E-state index in [1.807, 2.05) is 0 Å². The summed E-state index contributed by atoms with van der Waals surface area (Å²) in [6, 6.07) is -0.924. The van der Waals surface area contributed by atoms with Crippen molar-refractivity contribution in [3.05, 3.63) is 0 Å². The minimum atomic E-state index is -0.924. The Kier molecular flexibility index (Phi) is 31.4. The molecular weight excluding hydrogens is 520 g/mol. The van der Waals surface area contributed by atoms with Gasteiger partial charge in [0.15, 0.2) is 0 Å². The van der Waals surface area contributed by atoms with Gasteiger partial charge in [0, 0.05) is 12.8 Å². The molecule has 4 amide bonds. The fourth-order valence-electron chi connectivity index (χ4n) is 5.90. The maximum atomic E-state index is 12.5. The van der Waals surface area contributed by atoms with Crippen LogP contribution in [0.25, 0.3) is 0 Å². The molecule has 0 aromatic rings. The summed E-state index contributed by atoms with van der Waals surface area (Å²) in [5.41, 5.74) is 5.40. The van der Waals surface area contributed by atoms with Gasteiger partial charge in [0.25, 0.3) is 0 Å². The van der Waals surface area contributed by atoms with E-state index >= 15 is 0 Å². The highest BCUT2D eigenvalue weighted by Gasteiger charge is 2.25. The number of hydrogen-bond donors (Lipinski definition) is 1. The van der Waals surface area contributed by atoms with Gasteiger partial charge in [0.05, 0.1) is 0 Å². The molecule has 0 saturated heterocycles. The highest BCUT2D eigenvalue weighted by molar-refractivity contribution is 6.09. The number of carbonyl (C=O) groups is 3. The van der Waals surface area contributed by atoms with Crippen LogP contribution in [0.4, 0.5) is 4.79 Å². The van der Waals surface area contributed by atoms with Gasteiger partial charge in [0.2, 0.25) is 11.8 Å². The van der Waals surface area contributed by atoms with E-state index in [-0.39, 0.29) is 12.8 Å². The molecule has 42 heavy (non-hydrogen) atoms. The molecule has 0 bridgehead atoms. The molecule has 0 fully saturated rings. The third-order valence-corrected chi connectivity index (χ3v) is 8.71. The van der Waals surface area contributed by atoms with Gasteiger partial charge in [-0.25, -0.2) is 9.69 Å². The number of amides is 4. The minimum absolute atomic E-state index is 0.228. The Morgan fingerprint density at radius 3 is 0.738 bits per heavy atom. The average Bonchev–Trinajstić information content (AvgIpc) is 2.97. The third kappa shape index (κ3) is 27.4. The van der Waals surface area contributed by atoms with Gasteiger partial charge < -0.3 is 5.73 Å². The SMILES string of the molecule is CCCCCCCCCCCCCCCCCC(=O)N(C(N)=O)C(=O)CCCCCCCCCCCCCCCCC. The Morgan fingerprint density at radius 1 is 0.357 bits per heavy atom. The monoisotopic (exact) mass is 593 g/mol. The van der Waals surface area contributed by atoms with Crippen LogP contribution in [0, 0.1) is 0 Å². The number of carbonyl (C=O) groups excluding carboxylic acids is 3. The molecule has 0 atom stereocenters. The molecule has 0 unspecified atom stereocenters. The smallest absolute Gasteiger partial charge is 0.328 e. The number of urea groups is 1. The summed E-state index contributed by atoms with van der Waals surface area (Å²) >= 11 is 0. The van der Waals surface area contributed by atoms with Crippen molar-refractivity contribution in [2.45, 2.75) is 219 Å². The molecule has 0 aliphatic heterocycles. The molecule has 5 nitrogen and oxygen atoms in total. The maximum Gasteiger partial charge on any atom is 0.328 e. The van der Waals surface area contributed by atoms with Crippen molar-refractivity contribution in [3.8, 4) is 0 Å². The van der Waals surface area contributed by atoms with Crippen LogP contribution in [-0.4, -0.2) is 22.7 Å². The molecule has 0 rings (SSSR count). The molecule has 0 spiro atoms. The highest BCUT2D eigenvalue weighted by Crippen LogP contribution is 2.16. The van der Waals surface area contributed by atoms with Crippen molar-refractivity contribution in [2.24, 2.45) is 5.73 Å². The molecule has 0 saturated carbocycles. The van der Waals surface area contributed by atoms with E-state index in [1.165, 1.54) is 154 Å². The van der Waals surface area contributed by atoms with E-state index in [9.17, 15) is 14.4 Å². The summed E-state index contributed by atoms with van der Waals surface area (Å²) in [5.74, 6) is -0.855. The van der Waals surface area contributed by atoms with E-state index in [1.54, 1.807) is 0 Å². The second-order valence-corrected chi connectivity index (χ2v) is 12.9. The van der Waals surface area contributed by atoms with Crippen LogP contribution < -0.4 is 5.73 Å². The number of imide groups is 3. The maximum absolute atomic E-state index is 12.5. The third-order valence-electron chi connectivity index (χ3n) is 8.71. The van der Waals surface area contributed by atoms with Gasteiger partial charge in [-0.15, -0.1) is 0 Å².